The molecule has 5 nitrogen and oxygen atoms in total. The van der Waals surface area contributed by atoms with Crippen LogP contribution in [0.4, 0.5) is 4.39 Å². The first-order valence-corrected chi connectivity index (χ1v) is 9.91. The summed E-state index contributed by atoms with van der Waals surface area (Å²) in [7, 11) is 0. The van der Waals surface area contributed by atoms with Crippen molar-refractivity contribution in [1.29, 1.82) is 0 Å². The van der Waals surface area contributed by atoms with E-state index < -0.39 is 5.82 Å². The van der Waals surface area contributed by atoms with Gasteiger partial charge in [0.1, 0.15) is 17.3 Å². The van der Waals surface area contributed by atoms with Crippen molar-refractivity contribution in [3.8, 4) is 11.5 Å². The number of carbonyl (C=O) groups excluding carboxylic acids is 1. The average molecular weight is 383 g/mol. The van der Waals surface area contributed by atoms with Crippen LogP contribution in [0.1, 0.15) is 28.8 Å². The van der Waals surface area contributed by atoms with E-state index in [-0.39, 0.29) is 11.5 Å². The Morgan fingerprint density at radius 3 is 2.64 bits per heavy atom. The summed E-state index contributed by atoms with van der Waals surface area (Å²) in [5.41, 5.74) is 6.77. The molecule has 3 aliphatic rings. The van der Waals surface area contributed by atoms with Crippen LogP contribution in [0.25, 0.3) is 0 Å². The third-order valence-electron chi connectivity index (χ3n) is 5.59. The van der Waals surface area contributed by atoms with E-state index in [9.17, 15) is 9.18 Å². The lowest BCUT2D eigenvalue weighted by Crippen LogP contribution is -2.40. The Morgan fingerprint density at radius 1 is 1.14 bits per heavy atom. The van der Waals surface area contributed by atoms with Crippen molar-refractivity contribution in [1.82, 2.24) is 10.2 Å². The van der Waals surface area contributed by atoms with Crippen molar-refractivity contribution in [2.45, 2.75) is 25.3 Å². The molecule has 6 heteroatoms. The van der Waals surface area contributed by atoms with E-state index in [2.05, 4.69) is 5.32 Å². The largest absolute Gasteiger partial charge is 0.457 e. The van der Waals surface area contributed by atoms with E-state index >= 15 is 0 Å². The number of amides is 1. The molecule has 0 saturated carbocycles. The van der Waals surface area contributed by atoms with Gasteiger partial charge >= 0.3 is 0 Å². The number of halogens is 1. The fraction of sp³-hybridized carbons (Fsp3) is 0.409. The average Bonchev–Trinajstić information content (AvgIpc) is 3.05. The molecule has 2 aromatic rings. The Bertz CT molecular complexity index is 818. The van der Waals surface area contributed by atoms with Crippen LogP contribution in [0.3, 0.4) is 0 Å². The van der Waals surface area contributed by atoms with Gasteiger partial charge < -0.3 is 20.7 Å². The van der Waals surface area contributed by atoms with Crippen LogP contribution in [-0.2, 0) is 6.42 Å². The first-order valence-electron chi connectivity index (χ1n) is 9.91. The molecule has 3 N–H and O–H groups in total. The number of hydrogen-bond donors (Lipinski definition) is 2. The Balaban J connectivity index is 1.51. The van der Waals surface area contributed by atoms with Gasteiger partial charge in [-0.2, -0.15) is 0 Å². The minimum atomic E-state index is -0.514. The molecule has 0 aromatic heterocycles. The summed E-state index contributed by atoms with van der Waals surface area (Å²) in [4.78, 5) is 14.8. The van der Waals surface area contributed by atoms with Crippen molar-refractivity contribution in [2.24, 2.45) is 11.7 Å². The summed E-state index contributed by atoms with van der Waals surface area (Å²) in [6.07, 6.45) is 3.00. The zero-order valence-electron chi connectivity index (χ0n) is 15.9. The van der Waals surface area contributed by atoms with Crippen molar-refractivity contribution in [3.05, 3.63) is 59.4 Å². The Labute approximate surface area is 164 Å². The summed E-state index contributed by atoms with van der Waals surface area (Å²) < 4.78 is 20.3. The maximum absolute atomic E-state index is 14.4. The molecule has 148 valence electrons. The molecule has 0 radical (unpaired) electrons. The Morgan fingerprint density at radius 2 is 1.93 bits per heavy atom. The van der Waals surface area contributed by atoms with E-state index in [0.29, 0.717) is 43.1 Å². The van der Waals surface area contributed by atoms with Crippen molar-refractivity contribution in [3.63, 3.8) is 0 Å². The minimum absolute atomic E-state index is 0.0681. The molecule has 3 fully saturated rings. The number of ether oxygens (including phenoxy) is 1. The fourth-order valence-electron chi connectivity index (χ4n) is 4.03. The highest BCUT2D eigenvalue weighted by atomic mass is 19.1. The molecule has 0 aliphatic carbocycles. The molecule has 1 amide bonds. The van der Waals surface area contributed by atoms with E-state index in [4.69, 9.17) is 10.5 Å². The number of rotatable bonds is 5. The number of piperidine rings is 1. The lowest BCUT2D eigenvalue weighted by atomic mass is 9.97. The SMILES string of the molecule is NCCc1ccc(Oc2ccc(F)c(C(=O)N3C[C@H]4CC[C@@H](C3)NC4)c2)cc1. The van der Waals surface area contributed by atoms with Crippen LogP contribution in [0.15, 0.2) is 42.5 Å². The summed E-state index contributed by atoms with van der Waals surface area (Å²) in [6, 6.07) is 12.3. The van der Waals surface area contributed by atoms with Gasteiger partial charge in [0.15, 0.2) is 0 Å². The first kappa shape index (κ1) is 18.9. The maximum atomic E-state index is 14.4. The number of fused-ring (bicyclic) bond motifs is 4. The zero-order chi connectivity index (χ0) is 19.5. The number of nitrogens with two attached hydrogens (primary N) is 1. The molecule has 3 saturated heterocycles. The second-order valence-electron chi connectivity index (χ2n) is 7.69. The predicted octanol–water partition coefficient (Wildman–Crippen LogP) is 2.94. The summed E-state index contributed by atoms with van der Waals surface area (Å²) in [6.45, 7) is 2.83. The smallest absolute Gasteiger partial charge is 0.257 e. The maximum Gasteiger partial charge on any atom is 0.257 e. The Kier molecular flexibility index (Phi) is 5.59. The van der Waals surface area contributed by atoms with Gasteiger partial charge in [-0.1, -0.05) is 12.1 Å². The van der Waals surface area contributed by atoms with Crippen LogP contribution >= 0.6 is 0 Å². The van der Waals surface area contributed by atoms with Gasteiger partial charge in [0, 0.05) is 19.1 Å². The van der Waals surface area contributed by atoms with Gasteiger partial charge in [0.05, 0.1) is 5.56 Å². The molecule has 3 aliphatic heterocycles. The molecule has 5 rings (SSSR count). The molecular weight excluding hydrogens is 357 g/mol. The van der Waals surface area contributed by atoms with E-state index in [1.54, 1.807) is 11.0 Å². The summed E-state index contributed by atoms with van der Waals surface area (Å²) in [5.74, 6) is 0.759. The molecule has 0 spiro atoms. The molecule has 0 unspecified atom stereocenters. The van der Waals surface area contributed by atoms with Gasteiger partial charge in [-0.3, -0.25) is 4.79 Å². The number of hydrogen-bond acceptors (Lipinski definition) is 4. The molecule has 2 bridgehead atoms. The molecule has 28 heavy (non-hydrogen) atoms. The molecule has 2 atom stereocenters. The minimum Gasteiger partial charge on any atom is -0.457 e. The lowest BCUT2D eigenvalue weighted by Gasteiger charge is -2.23. The second-order valence-corrected chi connectivity index (χ2v) is 7.69. The van der Waals surface area contributed by atoms with Gasteiger partial charge in [0.25, 0.3) is 5.91 Å². The van der Waals surface area contributed by atoms with Crippen LogP contribution in [-0.4, -0.2) is 43.0 Å². The highest BCUT2D eigenvalue weighted by Crippen LogP contribution is 2.27. The van der Waals surface area contributed by atoms with Crippen molar-refractivity contribution < 1.29 is 13.9 Å². The quantitative estimate of drug-likeness (QED) is 0.833. The topological polar surface area (TPSA) is 67.6 Å². The number of carbonyl (C=O) groups is 1. The fourth-order valence-corrected chi connectivity index (χ4v) is 4.03. The predicted molar refractivity (Wildman–Crippen MR) is 106 cm³/mol. The van der Waals surface area contributed by atoms with E-state index in [1.807, 2.05) is 24.3 Å². The van der Waals surface area contributed by atoms with Crippen LogP contribution in [0, 0.1) is 11.7 Å². The second kappa shape index (κ2) is 8.29. The monoisotopic (exact) mass is 383 g/mol. The molecule has 2 aromatic carbocycles. The van der Waals surface area contributed by atoms with Gasteiger partial charge in [0.2, 0.25) is 0 Å². The third kappa shape index (κ3) is 4.18. The van der Waals surface area contributed by atoms with Crippen molar-refractivity contribution in [2.75, 3.05) is 26.2 Å². The summed E-state index contributed by atoms with van der Waals surface area (Å²) in [5, 5.41) is 3.47. The number of benzene rings is 2. The molecular formula is C22H26FN3O2. The van der Waals surface area contributed by atoms with E-state index in [0.717, 1.165) is 31.4 Å². The van der Waals surface area contributed by atoms with Gasteiger partial charge in [-0.05, 0) is 74.2 Å². The van der Waals surface area contributed by atoms with Crippen LogP contribution in [0.2, 0.25) is 0 Å². The Hall–Kier alpha value is -2.44. The standard InChI is InChI=1S/C22H26FN3O2/c23-21-8-7-19(28-18-5-2-15(3-6-18)9-10-24)11-20(21)22(27)26-13-16-1-4-17(14-26)25-12-16/h2-3,5-8,11,16-17,25H,1,4,9-10,12-14,24H2/t16-,17-/m0/s1. The number of nitrogens with zero attached hydrogens (tertiary/aromatic N) is 1. The summed E-state index contributed by atoms with van der Waals surface area (Å²) >= 11 is 0. The van der Waals surface area contributed by atoms with Gasteiger partial charge in [-0.15, -0.1) is 0 Å². The zero-order valence-corrected chi connectivity index (χ0v) is 15.9. The highest BCUT2D eigenvalue weighted by molar-refractivity contribution is 5.95. The highest BCUT2D eigenvalue weighted by Gasteiger charge is 2.32. The van der Waals surface area contributed by atoms with E-state index in [1.165, 1.54) is 12.1 Å². The van der Waals surface area contributed by atoms with Crippen LogP contribution < -0.4 is 15.8 Å². The first-order chi connectivity index (χ1) is 13.6. The van der Waals surface area contributed by atoms with Crippen LogP contribution in [0.5, 0.6) is 11.5 Å². The lowest BCUT2D eigenvalue weighted by molar-refractivity contribution is 0.0743. The van der Waals surface area contributed by atoms with Crippen molar-refractivity contribution >= 4 is 5.91 Å². The normalized spacial score (nSPS) is 21.4. The van der Waals surface area contributed by atoms with Gasteiger partial charge in [-0.25, -0.2) is 4.39 Å². The number of nitrogens with one attached hydrogen (secondary N) is 1. The third-order valence-corrected chi connectivity index (χ3v) is 5.59. The molecule has 3 heterocycles.